The van der Waals surface area contributed by atoms with E-state index in [0.717, 1.165) is 16.3 Å². The Balaban J connectivity index is 2.17. The van der Waals surface area contributed by atoms with Gasteiger partial charge in [0.05, 0.1) is 0 Å². The summed E-state index contributed by atoms with van der Waals surface area (Å²) < 4.78 is 0. The average Bonchev–Trinajstić information content (AvgIpc) is 2.68. The van der Waals surface area contributed by atoms with E-state index in [1.54, 1.807) is 0 Å². The molecule has 0 saturated carbocycles. The molecule has 2 aromatic carbocycles. The maximum atomic E-state index is 11.6. The van der Waals surface area contributed by atoms with Gasteiger partial charge in [-0.3, -0.25) is 10.1 Å². The quantitative estimate of drug-likeness (QED) is 0.727. The summed E-state index contributed by atoms with van der Waals surface area (Å²) in [7, 11) is 0. The van der Waals surface area contributed by atoms with Gasteiger partial charge in [0.1, 0.15) is 6.04 Å². The standard InChI is InChI=1S/C13H10N2O2/c16-12-11(14-13(17)15-12)10-7-3-5-8-4-1-2-6-9(8)10/h1-7,11H,(H2,14,15,16,17)/t11-/m0/s1. The highest BCUT2D eigenvalue weighted by atomic mass is 16.2. The summed E-state index contributed by atoms with van der Waals surface area (Å²) in [6, 6.07) is 12.5. The Kier molecular flexibility index (Phi) is 2.08. The molecule has 0 bridgehead atoms. The van der Waals surface area contributed by atoms with Crippen LogP contribution in [0.3, 0.4) is 0 Å². The second kappa shape index (κ2) is 3.59. The highest BCUT2D eigenvalue weighted by Gasteiger charge is 2.31. The van der Waals surface area contributed by atoms with Crippen molar-refractivity contribution in [3.63, 3.8) is 0 Å². The molecule has 1 fully saturated rings. The highest BCUT2D eigenvalue weighted by Crippen LogP contribution is 2.25. The van der Waals surface area contributed by atoms with Crippen molar-refractivity contribution < 1.29 is 9.59 Å². The van der Waals surface area contributed by atoms with E-state index in [2.05, 4.69) is 10.6 Å². The molecule has 2 N–H and O–H groups in total. The maximum absolute atomic E-state index is 11.6. The van der Waals surface area contributed by atoms with Crippen molar-refractivity contribution >= 4 is 22.7 Å². The van der Waals surface area contributed by atoms with Gasteiger partial charge < -0.3 is 5.32 Å². The van der Waals surface area contributed by atoms with Crippen molar-refractivity contribution in [2.45, 2.75) is 6.04 Å². The van der Waals surface area contributed by atoms with Crippen molar-refractivity contribution in [3.8, 4) is 0 Å². The van der Waals surface area contributed by atoms with Crippen molar-refractivity contribution in [1.82, 2.24) is 10.6 Å². The predicted octanol–water partition coefficient (Wildman–Crippen LogP) is 1.72. The van der Waals surface area contributed by atoms with Gasteiger partial charge in [-0.1, -0.05) is 42.5 Å². The average molecular weight is 226 g/mol. The van der Waals surface area contributed by atoms with Crippen LogP contribution in [0.5, 0.6) is 0 Å². The van der Waals surface area contributed by atoms with E-state index in [4.69, 9.17) is 0 Å². The lowest BCUT2D eigenvalue weighted by Gasteiger charge is -2.10. The summed E-state index contributed by atoms with van der Waals surface area (Å²) in [5, 5.41) is 6.89. The fraction of sp³-hybridized carbons (Fsp3) is 0.0769. The van der Waals surface area contributed by atoms with Gasteiger partial charge in [0.25, 0.3) is 5.91 Å². The number of urea groups is 1. The molecule has 1 aliphatic heterocycles. The van der Waals surface area contributed by atoms with E-state index >= 15 is 0 Å². The molecule has 0 radical (unpaired) electrons. The Hall–Kier alpha value is -2.36. The second-order valence-corrected chi connectivity index (χ2v) is 3.96. The number of rotatable bonds is 1. The van der Waals surface area contributed by atoms with Gasteiger partial charge in [-0.15, -0.1) is 0 Å². The van der Waals surface area contributed by atoms with Crippen LogP contribution in [0.2, 0.25) is 0 Å². The number of carbonyl (C=O) groups is 2. The smallest absolute Gasteiger partial charge is 0.322 e. The first-order valence-corrected chi connectivity index (χ1v) is 5.35. The zero-order chi connectivity index (χ0) is 11.8. The van der Waals surface area contributed by atoms with Crippen LogP contribution in [0, 0.1) is 0 Å². The zero-order valence-corrected chi connectivity index (χ0v) is 8.94. The van der Waals surface area contributed by atoms with Crippen LogP contribution in [-0.4, -0.2) is 11.9 Å². The van der Waals surface area contributed by atoms with Gasteiger partial charge in [0, 0.05) is 0 Å². The first-order valence-electron chi connectivity index (χ1n) is 5.35. The van der Waals surface area contributed by atoms with Crippen molar-refractivity contribution in [1.29, 1.82) is 0 Å². The van der Waals surface area contributed by atoms with E-state index in [0.29, 0.717) is 0 Å². The van der Waals surface area contributed by atoms with E-state index in [1.807, 2.05) is 42.5 Å². The van der Waals surface area contributed by atoms with Crippen LogP contribution in [0.4, 0.5) is 4.79 Å². The Bertz CT molecular complexity index is 616. The fourth-order valence-electron chi connectivity index (χ4n) is 2.14. The Morgan fingerprint density at radius 2 is 1.71 bits per heavy atom. The molecule has 1 heterocycles. The van der Waals surface area contributed by atoms with Crippen LogP contribution in [-0.2, 0) is 4.79 Å². The number of benzene rings is 2. The molecule has 3 amide bonds. The number of hydrogen-bond donors (Lipinski definition) is 2. The number of imide groups is 1. The first-order chi connectivity index (χ1) is 8.25. The van der Waals surface area contributed by atoms with Crippen LogP contribution in [0.25, 0.3) is 10.8 Å². The van der Waals surface area contributed by atoms with Gasteiger partial charge in [-0.25, -0.2) is 4.79 Å². The normalized spacial score (nSPS) is 19.2. The van der Waals surface area contributed by atoms with E-state index < -0.39 is 12.1 Å². The van der Waals surface area contributed by atoms with E-state index in [-0.39, 0.29) is 5.91 Å². The van der Waals surface area contributed by atoms with Crippen molar-refractivity contribution in [2.75, 3.05) is 0 Å². The zero-order valence-electron chi connectivity index (χ0n) is 8.94. The molecule has 1 atom stereocenters. The lowest BCUT2D eigenvalue weighted by molar-refractivity contribution is -0.120. The molecule has 17 heavy (non-hydrogen) atoms. The number of carbonyl (C=O) groups excluding carboxylic acids is 2. The van der Waals surface area contributed by atoms with Crippen LogP contribution >= 0.6 is 0 Å². The summed E-state index contributed by atoms with van der Waals surface area (Å²) in [5.41, 5.74) is 0.825. The molecule has 0 spiro atoms. The van der Waals surface area contributed by atoms with E-state index in [1.165, 1.54) is 0 Å². The minimum absolute atomic E-state index is 0.300. The monoisotopic (exact) mass is 226 g/mol. The Labute approximate surface area is 97.6 Å². The van der Waals surface area contributed by atoms with Crippen LogP contribution in [0.15, 0.2) is 42.5 Å². The molecule has 1 saturated heterocycles. The van der Waals surface area contributed by atoms with Gasteiger partial charge in [0.2, 0.25) is 0 Å². The largest absolute Gasteiger partial charge is 0.322 e. The number of amides is 3. The fourth-order valence-corrected chi connectivity index (χ4v) is 2.14. The van der Waals surface area contributed by atoms with Gasteiger partial charge >= 0.3 is 6.03 Å². The van der Waals surface area contributed by atoms with Gasteiger partial charge in [0.15, 0.2) is 0 Å². The molecular formula is C13H10N2O2. The highest BCUT2D eigenvalue weighted by molar-refractivity contribution is 6.06. The molecule has 3 rings (SSSR count). The number of hydrogen-bond acceptors (Lipinski definition) is 2. The summed E-state index contributed by atoms with van der Waals surface area (Å²) in [6.07, 6.45) is 0. The van der Waals surface area contributed by atoms with Gasteiger partial charge in [-0.05, 0) is 16.3 Å². The second-order valence-electron chi connectivity index (χ2n) is 3.96. The summed E-state index contributed by atoms with van der Waals surface area (Å²) >= 11 is 0. The minimum atomic E-state index is -0.589. The lowest BCUT2D eigenvalue weighted by atomic mass is 9.99. The number of nitrogens with one attached hydrogen (secondary N) is 2. The molecule has 0 unspecified atom stereocenters. The lowest BCUT2D eigenvalue weighted by Crippen LogP contribution is -2.22. The molecule has 4 nitrogen and oxygen atoms in total. The van der Waals surface area contributed by atoms with Crippen LogP contribution < -0.4 is 10.6 Å². The SMILES string of the molecule is O=C1NC(=O)[C@H](c2cccc3ccccc23)N1. The Morgan fingerprint density at radius 1 is 0.941 bits per heavy atom. The van der Waals surface area contributed by atoms with Crippen molar-refractivity contribution in [3.05, 3.63) is 48.0 Å². The molecule has 2 aromatic rings. The molecule has 0 aromatic heterocycles. The number of fused-ring (bicyclic) bond motifs is 1. The molecule has 4 heteroatoms. The minimum Gasteiger partial charge on any atom is -0.322 e. The predicted molar refractivity (Wildman–Crippen MR) is 63.4 cm³/mol. The Morgan fingerprint density at radius 3 is 2.47 bits per heavy atom. The van der Waals surface area contributed by atoms with Gasteiger partial charge in [-0.2, -0.15) is 0 Å². The third kappa shape index (κ3) is 1.54. The molecule has 1 aliphatic rings. The third-order valence-corrected chi connectivity index (χ3v) is 2.91. The summed E-state index contributed by atoms with van der Waals surface area (Å²) in [5.74, 6) is -0.300. The van der Waals surface area contributed by atoms with Crippen LogP contribution in [0.1, 0.15) is 11.6 Å². The topological polar surface area (TPSA) is 58.2 Å². The third-order valence-electron chi connectivity index (χ3n) is 2.91. The molecule has 0 aliphatic carbocycles. The van der Waals surface area contributed by atoms with E-state index in [9.17, 15) is 9.59 Å². The molecule has 84 valence electrons. The first kappa shape index (κ1) is 9.84. The molecular weight excluding hydrogens is 216 g/mol. The summed E-state index contributed by atoms with van der Waals surface area (Å²) in [4.78, 5) is 22.8. The summed E-state index contributed by atoms with van der Waals surface area (Å²) in [6.45, 7) is 0. The van der Waals surface area contributed by atoms with Crippen molar-refractivity contribution in [2.24, 2.45) is 0 Å². The maximum Gasteiger partial charge on any atom is 0.322 e.